The molecule has 0 radical (unpaired) electrons. The number of carbonyl (C=O) groups is 1. The molecule has 39 heavy (non-hydrogen) atoms. The second kappa shape index (κ2) is 13.1. The molecule has 1 aliphatic heterocycles. The summed E-state index contributed by atoms with van der Waals surface area (Å²) < 4.78 is 67.9. The quantitative estimate of drug-likeness (QED) is 0.189. The van der Waals surface area contributed by atoms with Gasteiger partial charge in [-0.2, -0.15) is 0 Å². The van der Waals surface area contributed by atoms with Gasteiger partial charge in [0, 0.05) is 30.2 Å². The van der Waals surface area contributed by atoms with E-state index >= 15 is 0 Å². The number of hydrogen-bond donors (Lipinski definition) is 1. The van der Waals surface area contributed by atoms with Crippen LogP contribution in [0.15, 0.2) is 54.6 Å². The van der Waals surface area contributed by atoms with Crippen LogP contribution in [-0.4, -0.2) is 55.7 Å². The monoisotopic (exact) mass is 545 g/mol. The zero-order valence-electron chi connectivity index (χ0n) is 21.6. The molecule has 0 aliphatic carbocycles. The first-order chi connectivity index (χ1) is 18.8. The van der Waals surface area contributed by atoms with Gasteiger partial charge in [-0.15, -0.1) is 0 Å². The van der Waals surface area contributed by atoms with E-state index in [2.05, 4.69) is 4.90 Å². The van der Waals surface area contributed by atoms with Gasteiger partial charge in [0.1, 0.15) is 29.9 Å². The van der Waals surface area contributed by atoms with Gasteiger partial charge in [0.2, 0.25) is 0 Å². The number of halogens is 4. The minimum atomic E-state index is -0.743. The molecule has 1 aliphatic rings. The lowest BCUT2D eigenvalue weighted by Gasteiger charge is -2.37. The molecule has 1 fully saturated rings. The predicted molar refractivity (Wildman–Crippen MR) is 138 cm³/mol. The van der Waals surface area contributed by atoms with Gasteiger partial charge in [-0.1, -0.05) is 12.1 Å². The number of likely N-dealkylation sites (tertiary alicyclic amines) is 1. The Hall–Kier alpha value is -3.43. The third-order valence-corrected chi connectivity index (χ3v) is 7.20. The number of ether oxygens (including phenoxy) is 2. The van der Waals surface area contributed by atoms with E-state index in [4.69, 9.17) is 14.6 Å². The van der Waals surface area contributed by atoms with Gasteiger partial charge in [-0.25, -0.2) is 17.6 Å². The van der Waals surface area contributed by atoms with Crippen molar-refractivity contribution in [3.05, 3.63) is 94.6 Å². The number of nitrogens with zero attached hydrogens (tertiary/aromatic N) is 1. The van der Waals surface area contributed by atoms with Gasteiger partial charge in [0.05, 0.1) is 13.7 Å². The van der Waals surface area contributed by atoms with E-state index in [1.807, 2.05) is 0 Å². The third kappa shape index (κ3) is 6.96. The Morgan fingerprint density at radius 1 is 0.923 bits per heavy atom. The van der Waals surface area contributed by atoms with Crippen molar-refractivity contribution in [3.8, 4) is 11.5 Å². The van der Waals surface area contributed by atoms with Crippen molar-refractivity contribution in [2.24, 2.45) is 5.92 Å². The minimum Gasteiger partial charge on any atom is -0.493 e. The second-order valence-corrected chi connectivity index (χ2v) is 9.64. The van der Waals surface area contributed by atoms with Crippen molar-refractivity contribution >= 4 is 5.78 Å². The standard InChI is InChI=1S/C30H31F4NO4/c1-38-29-15-20(27(37)18-36)3-8-28(29)39-14-2-11-35-12-9-19(10-13-35)30(23-6-4-21(31)16-25(23)33)24-7-5-22(32)17-26(24)34/h3-8,15-17,19,30,36H,2,9-14,18H2,1H3. The van der Waals surface area contributed by atoms with Crippen LogP contribution in [0, 0.1) is 29.2 Å². The van der Waals surface area contributed by atoms with E-state index < -0.39 is 41.6 Å². The van der Waals surface area contributed by atoms with Gasteiger partial charge < -0.3 is 19.5 Å². The van der Waals surface area contributed by atoms with Crippen LogP contribution >= 0.6 is 0 Å². The lowest BCUT2D eigenvalue weighted by atomic mass is 9.75. The van der Waals surface area contributed by atoms with E-state index in [9.17, 15) is 22.4 Å². The fourth-order valence-electron chi connectivity index (χ4n) is 5.21. The lowest BCUT2D eigenvalue weighted by Crippen LogP contribution is -2.37. The average molecular weight is 546 g/mol. The van der Waals surface area contributed by atoms with Crippen molar-refractivity contribution in [2.75, 3.05) is 40.0 Å². The smallest absolute Gasteiger partial charge is 0.188 e. The summed E-state index contributed by atoms with van der Waals surface area (Å²) in [4.78, 5) is 13.9. The molecule has 208 valence electrons. The van der Waals surface area contributed by atoms with Crippen LogP contribution in [0.5, 0.6) is 11.5 Å². The highest BCUT2D eigenvalue weighted by atomic mass is 19.1. The Morgan fingerprint density at radius 3 is 2.08 bits per heavy atom. The van der Waals surface area contributed by atoms with Crippen LogP contribution < -0.4 is 9.47 Å². The molecule has 0 saturated carbocycles. The van der Waals surface area contributed by atoms with E-state index in [0.29, 0.717) is 56.0 Å². The van der Waals surface area contributed by atoms with Crippen LogP contribution in [0.1, 0.15) is 46.7 Å². The summed E-state index contributed by atoms with van der Waals surface area (Å²) in [7, 11) is 1.47. The maximum absolute atomic E-state index is 14.8. The number of carbonyl (C=O) groups excluding carboxylic acids is 1. The van der Waals surface area contributed by atoms with Crippen molar-refractivity contribution in [2.45, 2.75) is 25.2 Å². The fourth-order valence-corrected chi connectivity index (χ4v) is 5.21. The highest BCUT2D eigenvalue weighted by molar-refractivity contribution is 5.97. The molecular weight excluding hydrogens is 514 g/mol. The SMILES string of the molecule is COc1cc(C(=O)CO)ccc1OCCCN1CCC(C(c2ccc(F)cc2F)c2ccc(F)cc2F)CC1. The molecule has 3 aromatic rings. The van der Waals surface area contributed by atoms with Gasteiger partial charge in [-0.3, -0.25) is 4.79 Å². The maximum atomic E-state index is 14.8. The first kappa shape index (κ1) is 28.6. The summed E-state index contributed by atoms with van der Waals surface area (Å²) in [5, 5.41) is 9.04. The normalized spacial score (nSPS) is 14.5. The molecule has 1 saturated heterocycles. The van der Waals surface area contributed by atoms with Crippen LogP contribution in [-0.2, 0) is 0 Å². The number of aliphatic hydroxyl groups is 1. The lowest BCUT2D eigenvalue weighted by molar-refractivity contribution is 0.0903. The third-order valence-electron chi connectivity index (χ3n) is 7.20. The highest BCUT2D eigenvalue weighted by Crippen LogP contribution is 2.40. The molecule has 0 unspecified atom stereocenters. The first-order valence-corrected chi connectivity index (χ1v) is 12.9. The number of aliphatic hydroxyl groups excluding tert-OH is 1. The van der Waals surface area contributed by atoms with Gasteiger partial charge in [0.15, 0.2) is 17.3 Å². The largest absolute Gasteiger partial charge is 0.493 e. The van der Waals surface area contributed by atoms with E-state index in [-0.39, 0.29) is 17.0 Å². The number of methoxy groups -OCH3 is 1. The van der Waals surface area contributed by atoms with Crippen molar-refractivity contribution in [3.63, 3.8) is 0 Å². The molecular formula is C30H31F4NO4. The molecule has 3 aromatic carbocycles. The molecule has 9 heteroatoms. The molecule has 0 spiro atoms. The number of rotatable bonds is 11. The maximum Gasteiger partial charge on any atom is 0.188 e. The molecule has 1 heterocycles. The van der Waals surface area contributed by atoms with E-state index in [1.165, 1.54) is 25.3 Å². The van der Waals surface area contributed by atoms with Crippen LogP contribution in [0.4, 0.5) is 17.6 Å². The van der Waals surface area contributed by atoms with Crippen LogP contribution in [0.25, 0.3) is 0 Å². The Labute approximate surface area is 225 Å². The van der Waals surface area contributed by atoms with Crippen LogP contribution in [0.3, 0.4) is 0 Å². The molecule has 0 atom stereocenters. The number of piperidine rings is 1. The predicted octanol–water partition coefficient (Wildman–Crippen LogP) is 5.74. The summed E-state index contributed by atoms with van der Waals surface area (Å²) in [5.74, 6) is -3.18. The zero-order valence-corrected chi connectivity index (χ0v) is 21.6. The van der Waals surface area contributed by atoms with Crippen molar-refractivity contribution < 1.29 is 36.9 Å². The molecule has 4 rings (SSSR count). The Kier molecular flexibility index (Phi) is 9.59. The number of benzene rings is 3. The first-order valence-electron chi connectivity index (χ1n) is 12.9. The molecule has 0 bridgehead atoms. The average Bonchev–Trinajstić information content (AvgIpc) is 2.93. The Morgan fingerprint density at radius 2 is 1.54 bits per heavy atom. The molecule has 0 amide bonds. The number of hydrogen-bond acceptors (Lipinski definition) is 5. The molecule has 1 N–H and O–H groups in total. The Bertz CT molecular complexity index is 1240. The van der Waals surface area contributed by atoms with E-state index in [0.717, 1.165) is 30.8 Å². The summed E-state index contributed by atoms with van der Waals surface area (Å²) in [5.41, 5.74) is 0.743. The second-order valence-electron chi connectivity index (χ2n) is 9.64. The molecule has 0 aromatic heterocycles. The van der Waals surface area contributed by atoms with Gasteiger partial charge >= 0.3 is 0 Å². The fraction of sp³-hybridized carbons (Fsp3) is 0.367. The summed E-state index contributed by atoms with van der Waals surface area (Å²) in [6.07, 6.45) is 2.04. The topological polar surface area (TPSA) is 59.0 Å². The number of ketones is 1. The minimum absolute atomic E-state index is 0.109. The number of Topliss-reactive ketones (excluding diaryl/α,β-unsaturated/α-hetero) is 1. The highest BCUT2D eigenvalue weighted by Gasteiger charge is 2.32. The van der Waals surface area contributed by atoms with Gasteiger partial charge in [0.25, 0.3) is 0 Å². The van der Waals surface area contributed by atoms with Crippen molar-refractivity contribution in [1.82, 2.24) is 4.90 Å². The summed E-state index contributed by atoms with van der Waals surface area (Å²) in [6, 6.07) is 11.4. The summed E-state index contributed by atoms with van der Waals surface area (Å²) in [6.45, 7) is 1.98. The van der Waals surface area contributed by atoms with Crippen LogP contribution in [0.2, 0.25) is 0 Å². The van der Waals surface area contributed by atoms with Crippen molar-refractivity contribution in [1.29, 1.82) is 0 Å². The Balaban J connectivity index is 1.36. The molecule has 5 nitrogen and oxygen atoms in total. The zero-order chi connectivity index (χ0) is 27.9. The van der Waals surface area contributed by atoms with Gasteiger partial charge in [-0.05, 0) is 79.7 Å². The van der Waals surface area contributed by atoms with E-state index in [1.54, 1.807) is 12.1 Å². The summed E-state index contributed by atoms with van der Waals surface area (Å²) >= 11 is 0.